The van der Waals surface area contributed by atoms with Gasteiger partial charge in [0.05, 0.1) is 0 Å². The highest BCUT2D eigenvalue weighted by atomic mass is 15.1. The molecule has 2 heteroatoms. The van der Waals surface area contributed by atoms with Gasteiger partial charge in [-0.15, -0.1) is 0 Å². The van der Waals surface area contributed by atoms with Crippen LogP contribution in [0.15, 0.2) is 54.6 Å². The molecule has 1 aliphatic rings. The third-order valence-electron chi connectivity index (χ3n) is 4.37. The van der Waals surface area contributed by atoms with Crippen LogP contribution in [0.1, 0.15) is 25.3 Å². The van der Waals surface area contributed by atoms with Crippen molar-refractivity contribution in [1.82, 2.24) is 0 Å². The lowest BCUT2D eigenvalue weighted by molar-refractivity contribution is 0.649. The molecule has 0 radical (unpaired) electrons. The molecule has 0 amide bonds. The Balaban J connectivity index is 1.80. The SMILES string of the molecule is CCN(CC1(c2ccc(N)cc2)CC1)c1ccccc1. The molecule has 2 aromatic rings. The van der Waals surface area contributed by atoms with Gasteiger partial charge in [0.2, 0.25) is 0 Å². The average Bonchev–Trinajstić information content (AvgIpc) is 3.27. The molecule has 0 atom stereocenters. The number of anilines is 2. The number of benzene rings is 2. The lowest BCUT2D eigenvalue weighted by Crippen LogP contribution is -2.32. The van der Waals surface area contributed by atoms with Crippen molar-refractivity contribution in [2.45, 2.75) is 25.2 Å². The van der Waals surface area contributed by atoms with E-state index in [1.807, 2.05) is 12.1 Å². The smallest absolute Gasteiger partial charge is 0.0366 e. The van der Waals surface area contributed by atoms with E-state index in [1.54, 1.807) is 0 Å². The van der Waals surface area contributed by atoms with E-state index < -0.39 is 0 Å². The minimum atomic E-state index is 0.333. The standard InChI is InChI=1S/C18H22N2/c1-2-20(17-6-4-3-5-7-17)14-18(12-13-18)15-8-10-16(19)11-9-15/h3-11H,2,12-14,19H2,1H3. The molecule has 0 saturated heterocycles. The number of hydrogen-bond acceptors (Lipinski definition) is 2. The number of nitrogens with zero attached hydrogens (tertiary/aromatic N) is 1. The molecule has 1 aliphatic carbocycles. The van der Waals surface area contributed by atoms with E-state index in [-0.39, 0.29) is 0 Å². The fourth-order valence-corrected chi connectivity index (χ4v) is 2.92. The van der Waals surface area contributed by atoms with Crippen LogP contribution < -0.4 is 10.6 Å². The summed E-state index contributed by atoms with van der Waals surface area (Å²) in [5.74, 6) is 0. The maximum atomic E-state index is 5.80. The van der Waals surface area contributed by atoms with Crippen molar-refractivity contribution in [1.29, 1.82) is 0 Å². The molecule has 0 spiro atoms. The second-order valence-corrected chi connectivity index (χ2v) is 5.75. The van der Waals surface area contributed by atoms with Crippen molar-refractivity contribution in [2.75, 3.05) is 23.7 Å². The van der Waals surface area contributed by atoms with Crippen LogP contribution in [0.25, 0.3) is 0 Å². The van der Waals surface area contributed by atoms with Crippen LogP contribution in [-0.4, -0.2) is 13.1 Å². The van der Waals surface area contributed by atoms with Crippen molar-refractivity contribution in [3.05, 3.63) is 60.2 Å². The largest absolute Gasteiger partial charge is 0.399 e. The highest BCUT2D eigenvalue weighted by Crippen LogP contribution is 2.49. The highest BCUT2D eigenvalue weighted by molar-refractivity contribution is 5.49. The van der Waals surface area contributed by atoms with Gasteiger partial charge in [-0.3, -0.25) is 0 Å². The third-order valence-corrected chi connectivity index (χ3v) is 4.37. The zero-order valence-corrected chi connectivity index (χ0v) is 12.0. The van der Waals surface area contributed by atoms with Crippen molar-refractivity contribution in [3.8, 4) is 0 Å². The maximum Gasteiger partial charge on any atom is 0.0366 e. The van der Waals surface area contributed by atoms with E-state index in [1.165, 1.54) is 24.1 Å². The summed E-state index contributed by atoms with van der Waals surface area (Å²) in [7, 11) is 0. The summed E-state index contributed by atoms with van der Waals surface area (Å²) in [5.41, 5.74) is 9.73. The van der Waals surface area contributed by atoms with Gasteiger partial charge in [0.15, 0.2) is 0 Å². The van der Waals surface area contributed by atoms with Gasteiger partial charge >= 0.3 is 0 Å². The lowest BCUT2D eigenvalue weighted by atomic mass is 9.95. The van der Waals surface area contributed by atoms with Crippen LogP contribution in [-0.2, 0) is 5.41 Å². The van der Waals surface area contributed by atoms with Gasteiger partial charge < -0.3 is 10.6 Å². The maximum absolute atomic E-state index is 5.80. The molecule has 0 aromatic heterocycles. The Morgan fingerprint density at radius 2 is 1.65 bits per heavy atom. The molecular weight excluding hydrogens is 244 g/mol. The van der Waals surface area contributed by atoms with E-state index in [0.29, 0.717) is 5.41 Å². The summed E-state index contributed by atoms with van der Waals surface area (Å²) in [6.07, 6.45) is 2.56. The number of para-hydroxylation sites is 1. The molecule has 0 heterocycles. The minimum absolute atomic E-state index is 0.333. The summed E-state index contributed by atoms with van der Waals surface area (Å²) in [6.45, 7) is 4.37. The Hall–Kier alpha value is -1.96. The zero-order chi connectivity index (χ0) is 14.0. The molecule has 2 N–H and O–H groups in total. The number of rotatable bonds is 5. The fraction of sp³-hybridized carbons (Fsp3) is 0.333. The Kier molecular flexibility index (Phi) is 3.39. The first-order valence-corrected chi connectivity index (χ1v) is 7.39. The molecule has 3 rings (SSSR count). The highest BCUT2D eigenvalue weighted by Gasteiger charge is 2.45. The third kappa shape index (κ3) is 2.51. The minimum Gasteiger partial charge on any atom is -0.399 e. The van der Waals surface area contributed by atoms with E-state index in [2.05, 4.69) is 54.3 Å². The Morgan fingerprint density at radius 1 is 1.00 bits per heavy atom. The van der Waals surface area contributed by atoms with Crippen LogP contribution in [0.2, 0.25) is 0 Å². The number of hydrogen-bond donors (Lipinski definition) is 1. The fourth-order valence-electron chi connectivity index (χ4n) is 2.92. The summed E-state index contributed by atoms with van der Waals surface area (Å²) in [5, 5.41) is 0. The van der Waals surface area contributed by atoms with Gasteiger partial charge in [-0.1, -0.05) is 30.3 Å². The van der Waals surface area contributed by atoms with Crippen molar-refractivity contribution < 1.29 is 0 Å². The summed E-state index contributed by atoms with van der Waals surface area (Å²) >= 11 is 0. The van der Waals surface area contributed by atoms with Crippen LogP contribution in [0.5, 0.6) is 0 Å². The van der Waals surface area contributed by atoms with E-state index >= 15 is 0 Å². The predicted molar refractivity (Wildman–Crippen MR) is 86.1 cm³/mol. The summed E-state index contributed by atoms with van der Waals surface area (Å²) in [4.78, 5) is 2.48. The second-order valence-electron chi connectivity index (χ2n) is 5.75. The van der Waals surface area contributed by atoms with Crippen molar-refractivity contribution in [3.63, 3.8) is 0 Å². The molecule has 20 heavy (non-hydrogen) atoms. The van der Waals surface area contributed by atoms with Gasteiger partial charge in [0.25, 0.3) is 0 Å². The first kappa shape index (κ1) is 13.0. The average molecular weight is 266 g/mol. The normalized spacial score (nSPS) is 15.8. The molecule has 2 aromatic carbocycles. The van der Waals surface area contributed by atoms with Gasteiger partial charge in [0, 0.05) is 29.9 Å². The Morgan fingerprint density at radius 3 is 2.20 bits per heavy atom. The lowest BCUT2D eigenvalue weighted by Gasteiger charge is -2.29. The topological polar surface area (TPSA) is 29.3 Å². The molecule has 2 nitrogen and oxygen atoms in total. The van der Waals surface area contributed by atoms with E-state index in [9.17, 15) is 0 Å². The van der Waals surface area contributed by atoms with Crippen LogP contribution in [0, 0.1) is 0 Å². The molecule has 0 bridgehead atoms. The Labute approximate surface area is 121 Å². The first-order valence-electron chi connectivity index (χ1n) is 7.39. The molecule has 0 unspecified atom stereocenters. The van der Waals surface area contributed by atoms with Gasteiger partial charge in [-0.25, -0.2) is 0 Å². The predicted octanol–water partition coefficient (Wildman–Crippen LogP) is 3.83. The van der Waals surface area contributed by atoms with Crippen molar-refractivity contribution in [2.24, 2.45) is 0 Å². The molecular formula is C18H22N2. The van der Waals surface area contributed by atoms with Gasteiger partial charge in [-0.05, 0) is 49.6 Å². The van der Waals surface area contributed by atoms with Crippen LogP contribution in [0.4, 0.5) is 11.4 Å². The number of nitrogen functional groups attached to an aromatic ring is 1. The molecule has 1 saturated carbocycles. The van der Waals surface area contributed by atoms with Gasteiger partial charge in [-0.2, -0.15) is 0 Å². The second kappa shape index (κ2) is 5.20. The first-order chi connectivity index (χ1) is 9.73. The van der Waals surface area contributed by atoms with Crippen molar-refractivity contribution >= 4 is 11.4 Å². The van der Waals surface area contributed by atoms with Crippen LogP contribution in [0.3, 0.4) is 0 Å². The van der Waals surface area contributed by atoms with Crippen LogP contribution >= 0.6 is 0 Å². The van der Waals surface area contributed by atoms with E-state index in [0.717, 1.165) is 18.8 Å². The molecule has 104 valence electrons. The van der Waals surface area contributed by atoms with E-state index in [4.69, 9.17) is 5.73 Å². The molecule has 1 fully saturated rings. The molecule has 0 aliphatic heterocycles. The zero-order valence-electron chi connectivity index (χ0n) is 12.0. The number of likely N-dealkylation sites (N-methyl/N-ethyl adjacent to an activating group) is 1. The summed E-state index contributed by atoms with van der Waals surface area (Å²) < 4.78 is 0. The quantitative estimate of drug-likeness (QED) is 0.833. The summed E-state index contributed by atoms with van der Waals surface area (Å²) in [6, 6.07) is 19.1. The Bertz CT molecular complexity index is 556. The monoisotopic (exact) mass is 266 g/mol. The number of nitrogens with two attached hydrogens (primary N) is 1. The van der Waals surface area contributed by atoms with Gasteiger partial charge in [0.1, 0.15) is 0 Å².